The van der Waals surface area contributed by atoms with Crippen LogP contribution in [0.3, 0.4) is 0 Å². The van der Waals surface area contributed by atoms with Crippen LogP contribution in [0.15, 0.2) is 42.2 Å². The molecule has 1 rings (SSSR count). The Kier molecular flexibility index (Phi) is 7.68. The molecule has 1 aromatic carbocycles. The highest BCUT2D eigenvalue weighted by molar-refractivity contribution is 7.57. The molecule has 0 bridgehead atoms. The van der Waals surface area contributed by atoms with Crippen molar-refractivity contribution >= 4 is 7.60 Å². The quantitative estimate of drug-likeness (QED) is 0.508. The summed E-state index contributed by atoms with van der Waals surface area (Å²) in [6, 6.07) is 9.88. The summed E-state index contributed by atoms with van der Waals surface area (Å²) in [5.74, 6) is 1.46. The Hall–Kier alpha value is -0.930. The van der Waals surface area contributed by atoms with Crippen molar-refractivity contribution in [2.75, 3.05) is 19.8 Å². The largest absolute Gasteiger partial charge is 0.373 e. The van der Waals surface area contributed by atoms with Crippen LogP contribution < -0.4 is 0 Å². The topological polar surface area (TPSA) is 44.8 Å². The zero-order chi connectivity index (χ0) is 14.0. The maximum atomic E-state index is 12.1. The molecule has 0 aliphatic carbocycles. The fourth-order valence-electron chi connectivity index (χ4n) is 1.47. The van der Waals surface area contributed by atoms with E-state index in [0.29, 0.717) is 26.4 Å². The third-order valence-electron chi connectivity index (χ3n) is 2.23. The summed E-state index contributed by atoms with van der Waals surface area (Å²) >= 11 is 0. The second-order valence-electron chi connectivity index (χ2n) is 3.76. The average molecular weight is 284 g/mol. The lowest BCUT2D eigenvalue weighted by Gasteiger charge is -2.12. The summed E-state index contributed by atoms with van der Waals surface area (Å²) in [5.41, 5.74) is 1.11. The molecular formula is C14H21O4P. The molecule has 0 radical (unpaired) electrons. The molecular weight excluding hydrogens is 263 g/mol. The first kappa shape index (κ1) is 16.1. The molecule has 1 aromatic rings. The smallest absolute Gasteiger partial charge is 0.353 e. The van der Waals surface area contributed by atoms with Crippen molar-refractivity contribution in [3.05, 3.63) is 47.8 Å². The van der Waals surface area contributed by atoms with E-state index in [1.54, 1.807) is 19.9 Å². The highest BCUT2D eigenvalue weighted by Gasteiger charge is 2.18. The SMILES string of the molecule is CCOP(=O)(/C=C/COCc1ccccc1)OCC. The van der Waals surface area contributed by atoms with Gasteiger partial charge in [0.15, 0.2) is 0 Å². The Morgan fingerprint density at radius 2 is 1.74 bits per heavy atom. The summed E-state index contributed by atoms with van der Waals surface area (Å²) in [6.45, 7) is 5.17. The molecule has 4 nitrogen and oxygen atoms in total. The molecule has 106 valence electrons. The molecule has 0 saturated carbocycles. The minimum Gasteiger partial charge on any atom is -0.373 e. The average Bonchev–Trinajstić information content (AvgIpc) is 2.40. The molecule has 0 atom stereocenters. The standard InChI is InChI=1S/C14H21O4P/c1-3-17-19(15,18-4-2)12-8-11-16-13-14-9-6-5-7-10-14/h5-10,12H,3-4,11,13H2,1-2H3/b12-8+. The summed E-state index contributed by atoms with van der Waals surface area (Å²) < 4.78 is 27.8. The lowest BCUT2D eigenvalue weighted by atomic mass is 10.2. The van der Waals surface area contributed by atoms with Crippen LogP contribution in [-0.4, -0.2) is 19.8 Å². The van der Waals surface area contributed by atoms with Gasteiger partial charge >= 0.3 is 7.60 Å². The van der Waals surface area contributed by atoms with Crippen molar-refractivity contribution < 1.29 is 18.3 Å². The number of rotatable bonds is 9. The van der Waals surface area contributed by atoms with Crippen LogP contribution in [0.2, 0.25) is 0 Å². The van der Waals surface area contributed by atoms with E-state index in [1.807, 2.05) is 30.3 Å². The normalized spacial score (nSPS) is 12.1. The molecule has 0 aliphatic heterocycles. The van der Waals surface area contributed by atoms with Gasteiger partial charge < -0.3 is 13.8 Å². The molecule has 0 aliphatic rings. The van der Waals surface area contributed by atoms with Gasteiger partial charge in [-0.25, -0.2) is 0 Å². The minimum atomic E-state index is -3.09. The van der Waals surface area contributed by atoms with Crippen LogP contribution in [0.25, 0.3) is 0 Å². The fourth-order valence-corrected chi connectivity index (χ4v) is 2.79. The monoisotopic (exact) mass is 284 g/mol. The van der Waals surface area contributed by atoms with E-state index < -0.39 is 7.60 Å². The Morgan fingerprint density at radius 3 is 2.32 bits per heavy atom. The van der Waals surface area contributed by atoms with Crippen LogP contribution >= 0.6 is 7.60 Å². The molecule has 0 heterocycles. The molecule has 19 heavy (non-hydrogen) atoms. The van der Waals surface area contributed by atoms with Gasteiger partial charge in [-0.05, 0) is 19.4 Å². The first-order valence-electron chi connectivity index (χ1n) is 6.38. The summed E-state index contributed by atoms with van der Waals surface area (Å²) in [7, 11) is -3.09. The maximum absolute atomic E-state index is 12.1. The lowest BCUT2D eigenvalue weighted by molar-refractivity contribution is 0.148. The van der Waals surface area contributed by atoms with Gasteiger partial charge in [-0.1, -0.05) is 36.4 Å². The van der Waals surface area contributed by atoms with Crippen molar-refractivity contribution in [1.82, 2.24) is 0 Å². The zero-order valence-corrected chi connectivity index (χ0v) is 12.3. The van der Waals surface area contributed by atoms with Gasteiger partial charge in [-0.3, -0.25) is 4.57 Å². The molecule has 0 fully saturated rings. The second-order valence-corrected chi connectivity index (χ2v) is 5.66. The van der Waals surface area contributed by atoms with E-state index in [0.717, 1.165) is 5.56 Å². The second kappa shape index (κ2) is 9.05. The maximum Gasteiger partial charge on any atom is 0.353 e. The first-order valence-corrected chi connectivity index (χ1v) is 7.99. The van der Waals surface area contributed by atoms with Crippen molar-refractivity contribution in [2.24, 2.45) is 0 Å². The van der Waals surface area contributed by atoms with E-state index in [2.05, 4.69) is 0 Å². The van der Waals surface area contributed by atoms with Crippen molar-refractivity contribution in [2.45, 2.75) is 20.5 Å². The van der Waals surface area contributed by atoms with Crippen molar-refractivity contribution in [1.29, 1.82) is 0 Å². The third-order valence-corrected chi connectivity index (χ3v) is 4.04. The van der Waals surface area contributed by atoms with Gasteiger partial charge in [0.05, 0.1) is 26.4 Å². The summed E-state index contributed by atoms with van der Waals surface area (Å²) in [5, 5.41) is 0. The summed E-state index contributed by atoms with van der Waals surface area (Å²) in [4.78, 5) is 0. The van der Waals surface area contributed by atoms with Gasteiger partial charge in [-0.2, -0.15) is 0 Å². The molecule has 5 heteroatoms. The lowest BCUT2D eigenvalue weighted by Crippen LogP contribution is -1.95. The van der Waals surface area contributed by atoms with Crippen LogP contribution in [0.4, 0.5) is 0 Å². The summed E-state index contributed by atoms with van der Waals surface area (Å²) in [6.07, 6.45) is 1.68. The van der Waals surface area contributed by atoms with E-state index in [4.69, 9.17) is 13.8 Å². The molecule has 0 aromatic heterocycles. The molecule has 0 spiro atoms. The zero-order valence-electron chi connectivity index (χ0n) is 11.5. The highest BCUT2D eigenvalue weighted by Crippen LogP contribution is 2.49. The number of ether oxygens (including phenoxy) is 1. The first-order chi connectivity index (χ1) is 9.20. The van der Waals surface area contributed by atoms with Crippen LogP contribution in [0.1, 0.15) is 19.4 Å². The van der Waals surface area contributed by atoms with Crippen molar-refractivity contribution in [3.8, 4) is 0 Å². The highest BCUT2D eigenvalue weighted by atomic mass is 31.2. The Bertz CT molecular complexity index is 407. The molecule has 0 unspecified atom stereocenters. The van der Waals surface area contributed by atoms with Gasteiger partial charge in [0.1, 0.15) is 0 Å². The molecule has 0 amide bonds. The van der Waals surface area contributed by atoms with E-state index in [9.17, 15) is 4.57 Å². The van der Waals surface area contributed by atoms with Crippen molar-refractivity contribution in [3.63, 3.8) is 0 Å². The van der Waals surface area contributed by atoms with E-state index in [-0.39, 0.29) is 0 Å². The molecule has 0 N–H and O–H groups in total. The van der Waals surface area contributed by atoms with Gasteiger partial charge in [0, 0.05) is 5.82 Å². The van der Waals surface area contributed by atoms with Gasteiger partial charge in [0.2, 0.25) is 0 Å². The predicted octanol–water partition coefficient (Wildman–Crippen LogP) is 3.98. The van der Waals surface area contributed by atoms with E-state index in [1.165, 1.54) is 5.82 Å². The number of benzene rings is 1. The number of hydrogen-bond donors (Lipinski definition) is 0. The van der Waals surface area contributed by atoms with E-state index >= 15 is 0 Å². The minimum absolute atomic E-state index is 0.354. The number of hydrogen-bond acceptors (Lipinski definition) is 4. The predicted molar refractivity (Wildman–Crippen MR) is 76.1 cm³/mol. The van der Waals surface area contributed by atoms with Gasteiger partial charge in [-0.15, -0.1) is 0 Å². The Balaban J connectivity index is 2.34. The van der Waals surface area contributed by atoms with Crippen LogP contribution in [0, 0.1) is 0 Å². The van der Waals surface area contributed by atoms with Crippen LogP contribution in [0.5, 0.6) is 0 Å². The molecule has 0 saturated heterocycles. The third kappa shape index (κ3) is 6.69. The fraction of sp³-hybridized carbons (Fsp3) is 0.429. The Labute approximate surface area is 114 Å². The van der Waals surface area contributed by atoms with Gasteiger partial charge in [0.25, 0.3) is 0 Å². The van der Waals surface area contributed by atoms with Crippen LogP contribution in [-0.2, 0) is 25.0 Å². The Morgan fingerprint density at radius 1 is 1.11 bits per heavy atom.